The number of rotatable bonds is 2. The SMILES string of the molecule is C#CC(C)(O)CC1(C)OCCO1. The molecule has 1 rings (SSSR count). The first-order valence-corrected chi connectivity index (χ1v) is 3.95. The predicted octanol–water partition coefficient (Wildman–Crippen LogP) is 0.524. The van der Waals surface area contributed by atoms with Crippen LogP contribution in [0.5, 0.6) is 0 Å². The molecule has 0 radical (unpaired) electrons. The lowest BCUT2D eigenvalue weighted by molar-refractivity contribution is -0.169. The van der Waals surface area contributed by atoms with Gasteiger partial charge in [-0.05, 0) is 13.8 Å². The van der Waals surface area contributed by atoms with Gasteiger partial charge in [0.05, 0.1) is 13.2 Å². The van der Waals surface area contributed by atoms with E-state index < -0.39 is 11.4 Å². The van der Waals surface area contributed by atoms with E-state index in [0.29, 0.717) is 19.6 Å². The van der Waals surface area contributed by atoms with Gasteiger partial charge in [-0.1, -0.05) is 5.92 Å². The standard InChI is InChI=1S/C9H14O3/c1-4-8(2,10)7-9(3)11-5-6-12-9/h1,10H,5-7H2,2-3H3. The molecule has 1 heterocycles. The smallest absolute Gasteiger partial charge is 0.169 e. The normalized spacial score (nSPS) is 26.2. The second kappa shape index (κ2) is 3.06. The lowest BCUT2D eigenvalue weighted by Crippen LogP contribution is -2.37. The van der Waals surface area contributed by atoms with Crippen LogP contribution in [0.1, 0.15) is 20.3 Å². The number of hydrogen-bond donors (Lipinski definition) is 1. The van der Waals surface area contributed by atoms with Gasteiger partial charge < -0.3 is 14.6 Å². The Morgan fingerprint density at radius 1 is 1.58 bits per heavy atom. The molecule has 0 amide bonds. The summed E-state index contributed by atoms with van der Waals surface area (Å²) in [6.45, 7) is 4.49. The average Bonchev–Trinajstić information content (AvgIpc) is 2.35. The van der Waals surface area contributed by atoms with Gasteiger partial charge in [0.1, 0.15) is 5.60 Å². The van der Waals surface area contributed by atoms with Crippen molar-refractivity contribution in [3.63, 3.8) is 0 Å². The minimum absolute atomic E-state index is 0.302. The maximum Gasteiger partial charge on any atom is 0.169 e. The van der Waals surface area contributed by atoms with Crippen LogP contribution in [0.15, 0.2) is 0 Å². The summed E-state index contributed by atoms with van der Waals surface area (Å²) in [5.41, 5.74) is -1.15. The Morgan fingerprint density at radius 2 is 2.08 bits per heavy atom. The van der Waals surface area contributed by atoms with E-state index in [-0.39, 0.29) is 0 Å². The molecule has 1 aliphatic rings. The van der Waals surface area contributed by atoms with Crippen LogP contribution in [0.2, 0.25) is 0 Å². The molecular formula is C9H14O3. The minimum atomic E-state index is -1.15. The van der Waals surface area contributed by atoms with Crippen LogP contribution in [0.25, 0.3) is 0 Å². The molecule has 12 heavy (non-hydrogen) atoms. The zero-order valence-corrected chi connectivity index (χ0v) is 7.46. The first kappa shape index (κ1) is 9.53. The molecule has 0 aromatic rings. The Morgan fingerprint density at radius 3 is 2.50 bits per heavy atom. The molecule has 1 atom stereocenters. The largest absolute Gasteiger partial charge is 0.378 e. The minimum Gasteiger partial charge on any atom is -0.378 e. The molecule has 1 saturated heterocycles. The van der Waals surface area contributed by atoms with Crippen molar-refractivity contribution in [2.45, 2.75) is 31.7 Å². The highest BCUT2D eigenvalue weighted by Crippen LogP contribution is 2.28. The molecule has 1 aliphatic heterocycles. The van der Waals surface area contributed by atoms with Gasteiger partial charge in [0, 0.05) is 6.42 Å². The highest BCUT2D eigenvalue weighted by atomic mass is 16.7. The zero-order chi connectivity index (χ0) is 9.24. The Bertz CT molecular complexity index is 196. The van der Waals surface area contributed by atoms with E-state index in [4.69, 9.17) is 15.9 Å². The molecule has 1 fully saturated rings. The fourth-order valence-corrected chi connectivity index (χ4v) is 1.34. The Hall–Kier alpha value is -0.560. The van der Waals surface area contributed by atoms with E-state index in [9.17, 15) is 5.11 Å². The summed E-state index contributed by atoms with van der Waals surface area (Å²) in [6.07, 6.45) is 5.43. The van der Waals surface area contributed by atoms with Crippen molar-refractivity contribution in [3.8, 4) is 12.3 Å². The number of hydrogen-bond acceptors (Lipinski definition) is 3. The Labute approximate surface area is 72.7 Å². The molecule has 0 bridgehead atoms. The van der Waals surface area contributed by atoms with Crippen molar-refractivity contribution in [1.82, 2.24) is 0 Å². The van der Waals surface area contributed by atoms with Crippen molar-refractivity contribution in [2.75, 3.05) is 13.2 Å². The molecule has 68 valence electrons. The lowest BCUT2D eigenvalue weighted by Gasteiger charge is -2.28. The van der Waals surface area contributed by atoms with E-state index in [0.717, 1.165) is 0 Å². The fraction of sp³-hybridized carbons (Fsp3) is 0.778. The second-order valence-corrected chi connectivity index (χ2v) is 3.43. The molecule has 3 heteroatoms. The van der Waals surface area contributed by atoms with E-state index in [1.165, 1.54) is 0 Å². The van der Waals surface area contributed by atoms with Gasteiger partial charge in [0.2, 0.25) is 0 Å². The molecule has 0 aliphatic carbocycles. The van der Waals surface area contributed by atoms with Crippen LogP contribution < -0.4 is 0 Å². The van der Waals surface area contributed by atoms with Gasteiger partial charge in [-0.3, -0.25) is 0 Å². The van der Waals surface area contributed by atoms with Gasteiger partial charge in [-0.25, -0.2) is 0 Å². The first-order valence-electron chi connectivity index (χ1n) is 3.95. The average molecular weight is 170 g/mol. The van der Waals surface area contributed by atoms with Gasteiger partial charge in [0.15, 0.2) is 5.79 Å². The van der Waals surface area contributed by atoms with Crippen molar-refractivity contribution < 1.29 is 14.6 Å². The summed E-state index contributed by atoms with van der Waals surface area (Å²) in [7, 11) is 0. The third-order valence-corrected chi connectivity index (χ3v) is 1.87. The van der Waals surface area contributed by atoms with E-state index in [1.807, 2.05) is 0 Å². The van der Waals surface area contributed by atoms with Crippen LogP contribution in [0, 0.1) is 12.3 Å². The lowest BCUT2D eigenvalue weighted by atomic mass is 9.98. The molecule has 0 spiro atoms. The van der Waals surface area contributed by atoms with Gasteiger partial charge in [0.25, 0.3) is 0 Å². The highest BCUT2D eigenvalue weighted by molar-refractivity contribution is 5.06. The van der Waals surface area contributed by atoms with Crippen molar-refractivity contribution in [2.24, 2.45) is 0 Å². The maximum absolute atomic E-state index is 9.55. The molecule has 1 N–H and O–H groups in total. The summed E-state index contributed by atoms with van der Waals surface area (Å²) in [5.74, 6) is 1.58. The molecule has 1 unspecified atom stereocenters. The summed E-state index contributed by atoms with van der Waals surface area (Å²) in [4.78, 5) is 0. The topological polar surface area (TPSA) is 38.7 Å². The van der Waals surface area contributed by atoms with Crippen molar-refractivity contribution >= 4 is 0 Å². The van der Waals surface area contributed by atoms with Crippen LogP contribution >= 0.6 is 0 Å². The van der Waals surface area contributed by atoms with E-state index >= 15 is 0 Å². The maximum atomic E-state index is 9.55. The molecule has 3 nitrogen and oxygen atoms in total. The van der Waals surface area contributed by atoms with E-state index in [2.05, 4.69) is 5.92 Å². The van der Waals surface area contributed by atoms with Crippen LogP contribution in [0.3, 0.4) is 0 Å². The zero-order valence-electron chi connectivity index (χ0n) is 7.46. The second-order valence-electron chi connectivity index (χ2n) is 3.43. The van der Waals surface area contributed by atoms with E-state index in [1.54, 1.807) is 13.8 Å². The molecule has 0 saturated carbocycles. The molecule has 0 aromatic carbocycles. The summed E-state index contributed by atoms with van der Waals surface area (Å²) < 4.78 is 10.6. The summed E-state index contributed by atoms with van der Waals surface area (Å²) in [6, 6.07) is 0. The van der Waals surface area contributed by atoms with Crippen molar-refractivity contribution in [1.29, 1.82) is 0 Å². The number of aliphatic hydroxyl groups is 1. The van der Waals surface area contributed by atoms with Crippen molar-refractivity contribution in [3.05, 3.63) is 0 Å². The van der Waals surface area contributed by atoms with Gasteiger partial charge in [-0.15, -0.1) is 6.42 Å². The van der Waals surface area contributed by atoms with Gasteiger partial charge in [-0.2, -0.15) is 0 Å². The third-order valence-electron chi connectivity index (χ3n) is 1.87. The Balaban J connectivity index is 2.56. The first-order chi connectivity index (χ1) is 5.47. The van der Waals surface area contributed by atoms with Crippen LogP contribution in [0.4, 0.5) is 0 Å². The molecular weight excluding hydrogens is 156 g/mol. The number of terminal acetylenes is 1. The third kappa shape index (κ3) is 2.21. The number of ether oxygens (including phenoxy) is 2. The summed E-state index contributed by atoms with van der Waals surface area (Å²) >= 11 is 0. The predicted molar refractivity (Wildman–Crippen MR) is 44.4 cm³/mol. The van der Waals surface area contributed by atoms with Gasteiger partial charge >= 0.3 is 0 Å². The van der Waals surface area contributed by atoms with Crippen LogP contribution in [-0.2, 0) is 9.47 Å². The fourth-order valence-electron chi connectivity index (χ4n) is 1.34. The molecule has 0 aromatic heterocycles. The highest BCUT2D eigenvalue weighted by Gasteiger charge is 2.37. The monoisotopic (exact) mass is 170 g/mol. The summed E-state index contributed by atoms with van der Waals surface area (Å²) in [5, 5.41) is 9.55. The quantitative estimate of drug-likeness (QED) is 0.614. The van der Waals surface area contributed by atoms with Crippen LogP contribution in [-0.4, -0.2) is 29.7 Å². The Kier molecular flexibility index (Phi) is 2.43.